The van der Waals surface area contributed by atoms with Gasteiger partial charge in [-0.25, -0.2) is 9.97 Å². The van der Waals surface area contributed by atoms with Gasteiger partial charge in [-0.1, -0.05) is 20.8 Å². The fourth-order valence-electron chi connectivity index (χ4n) is 2.48. The summed E-state index contributed by atoms with van der Waals surface area (Å²) in [5, 5.41) is 0.966. The molecule has 0 spiro atoms. The Labute approximate surface area is 124 Å². The SMILES string of the molecule is CCOC(CC)(CC)c1nc(N)c2cc(CC)sc2n1. The lowest BCUT2D eigenvalue weighted by molar-refractivity contribution is -0.0567. The van der Waals surface area contributed by atoms with Gasteiger partial charge in [0.15, 0.2) is 5.82 Å². The molecule has 20 heavy (non-hydrogen) atoms. The molecule has 0 radical (unpaired) electrons. The first kappa shape index (κ1) is 15.2. The van der Waals surface area contributed by atoms with Crippen LogP contribution in [0.4, 0.5) is 5.82 Å². The minimum absolute atomic E-state index is 0.423. The number of nitrogen functional groups attached to an aromatic ring is 1. The van der Waals surface area contributed by atoms with Crippen LogP contribution < -0.4 is 5.73 Å². The van der Waals surface area contributed by atoms with Crippen molar-refractivity contribution in [2.75, 3.05) is 12.3 Å². The summed E-state index contributed by atoms with van der Waals surface area (Å²) in [7, 11) is 0. The molecular formula is C15H23N3OS. The average molecular weight is 293 g/mol. The summed E-state index contributed by atoms with van der Waals surface area (Å²) < 4.78 is 5.98. The average Bonchev–Trinajstić information content (AvgIpc) is 2.88. The van der Waals surface area contributed by atoms with E-state index in [0.717, 1.165) is 35.3 Å². The van der Waals surface area contributed by atoms with E-state index >= 15 is 0 Å². The molecule has 0 saturated carbocycles. The first-order chi connectivity index (χ1) is 9.60. The van der Waals surface area contributed by atoms with Crippen LogP contribution in [-0.4, -0.2) is 16.6 Å². The Balaban J connectivity index is 2.58. The molecule has 0 amide bonds. The Morgan fingerprint density at radius 1 is 1.20 bits per heavy atom. The summed E-state index contributed by atoms with van der Waals surface area (Å²) in [6.45, 7) is 9.00. The van der Waals surface area contributed by atoms with Gasteiger partial charge >= 0.3 is 0 Å². The van der Waals surface area contributed by atoms with Gasteiger partial charge in [-0.3, -0.25) is 0 Å². The van der Waals surface area contributed by atoms with E-state index < -0.39 is 5.60 Å². The van der Waals surface area contributed by atoms with Crippen molar-refractivity contribution in [3.8, 4) is 0 Å². The van der Waals surface area contributed by atoms with E-state index in [0.29, 0.717) is 12.4 Å². The van der Waals surface area contributed by atoms with Crippen molar-refractivity contribution in [1.82, 2.24) is 9.97 Å². The number of hydrogen-bond donors (Lipinski definition) is 1. The number of fused-ring (bicyclic) bond motifs is 1. The second-order valence-corrected chi connectivity index (χ2v) is 5.97. The molecule has 110 valence electrons. The van der Waals surface area contributed by atoms with Crippen LogP contribution in [0.25, 0.3) is 10.2 Å². The van der Waals surface area contributed by atoms with Crippen molar-refractivity contribution in [2.45, 2.75) is 52.6 Å². The first-order valence-electron chi connectivity index (χ1n) is 7.30. The van der Waals surface area contributed by atoms with Crippen LogP contribution in [0.15, 0.2) is 6.07 Å². The fraction of sp³-hybridized carbons (Fsp3) is 0.600. The maximum absolute atomic E-state index is 6.13. The van der Waals surface area contributed by atoms with Crippen molar-refractivity contribution >= 4 is 27.4 Å². The molecule has 0 aliphatic heterocycles. The summed E-state index contributed by atoms with van der Waals surface area (Å²) in [5.74, 6) is 1.28. The van der Waals surface area contributed by atoms with Crippen LogP contribution in [0.1, 0.15) is 51.2 Å². The molecule has 0 aromatic carbocycles. The largest absolute Gasteiger partial charge is 0.383 e. The van der Waals surface area contributed by atoms with Crippen molar-refractivity contribution in [1.29, 1.82) is 0 Å². The lowest BCUT2D eigenvalue weighted by Crippen LogP contribution is -2.31. The molecule has 2 N–H and O–H groups in total. The van der Waals surface area contributed by atoms with Crippen LogP contribution in [0.2, 0.25) is 0 Å². The standard InChI is InChI=1S/C15H23N3OS/c1-5-10-9-11-12(16)17-14(18-13(11)20-10)15(6-2,7-3)19-8-4/h9H,5-8H2,1-4H3,(H2,16,17,18). The number of rotatable bonds is 6. The Hall–Kier alpha value is -1.20. The smallest absolute Gasteiger partial charge is 0.164 e. The second-order valence-electron chi connectivity index (χ2n) is 4.85. The molecule has 4 nitrogen and oxygen atoms in total. The highest BCUT2D eigenvalue weighted by Crippen LogP contribution is 2.35. The number of hydrogen-bond acceptors (Lipinski definition) is 5. The van der Waals surface area contributed by atoms with E-state index in [1.165, 1.54) is 4.88 Å². The normalized spacial score (nSPS) is 12.2. The molecule has 2 aromatic rings. The molecule has 5 heteroatoms. The number of nitrogens with two attached hydrogens (primary N) is 1. The number of thiophene rings is 1. The molecule has 0 atom stereocenters. The zero-order valence-corrected chi connectivity index (χ0v) is 13.5. The van der Waals surface area contributed by atoms with E-state index in [1.807, 2.05) is 6.92 Å². The van der Waals surface area contributed by atoms with Crippen LogP contribution in [0, 0.1) is 0 Å². The van der Waals surface area contributed by atoms with E-state index in [-0.39, 0.29) is 0 Å². The first-order valence-corrected chi connectivity index (χ1v) is 8.12. The number of aryl methyl sites for hydroxylation is 1. The summed E-state index contributed by atoms with van der Waals surface area (Å²) in [6.07, 6.45) is 2.68. The predicted molar refractivity (Wildman–Crippen MR) is 85.1 cm³/mol. The van der Waals surface area contributed by atoms with Gasteiger partial charge in [0, 0.05) is 11.5 Å². The molecule has 0 saturated heterocycles. The number of nitrogens with zero attached hydrogens (tertiary/aromatic N) is 2. The molecule has 0 bridgehead atoms. The van der Waals surface area contributed by atoms with Gasteiger partial charge in [0.25, 0.3) is 0 Å². The van der Waals surface area contributed by atoms with Crippen LogP contribution in [-0.2, 0) is 16.8 Å². The highest BCUT2D eigenvalue weighted by atomic mass is 32.1. The molecule has 2 aromatic heterocycles. The zero-order chi connectivity index (χ0) is 14.8. The maximum Gasteiger partial charge on any atom is 0.164 e. The van der Waals surface area contributed by atoms with Crippen LogP contribution >= 0.6 is 11.3 Å². The van der Waals surface area contributed by atoms with Gasteiger partial charge in [0.05, 0.1) is 5.39 Å². The Bertz CT molecular complexity index is 590. The molecule has 2 rings (SSSR count). The molecule has 2 heterocycles. The molecular weight excluding hydrogens is 270 g/mol. The van der Waals surface area contributed by atoms with Gasteiger partial charge < -0.3 is 10.5 Å². The minimum atomic E-state index is -0.423. The minimum Gasteiger partial charge on any atom is -0.383 e. The summed E-state index contributed by atoms with van der Waals surface area (Å²) >= 11 is 1.69. The molecule has 0 aliphatic carbocycles. The third-order valence-electron chi connectivity index (χ3n) is 3.79. The lowest BCUT2D eigenvalue weighted by Gasteiger charge is -2.29. The van der Waals surface area contributed by atoms with E-state index in [2.05, 4.69) is 31.8 Å². The van der Waals surface area contributed by atoms with Crippen molar-refractivity contribution < 1.29 is 4.74 Å². The number of aromatic nitrogens is 2. The molecule has 0 aliphatic rings. The van der Waals surface area contributed by atoms with Gasteiger partial charge in [0.2, 0.25) is 0 Å². The van der Waals surface area contributed by atoms with E-state index in [9.17, 15) is 0 Å². The number of ether oxygens (including phenoxy) is 1. The Kier molecular flexibility index (Phi) is 4.60. The van der Waals surface area contributed by atoms with Crippen LogP contribution in [0.5, 0.6) is 0 Å². The summed E-state index contributed by atoms with van der Waals surface area (Å²) in [5.41, 5.74) is 5.70. The maximum atomic E-state index is 6.13. The van der Waals surface area contributed by atoms with Crippen molar-refractivity contribution in [3.05, 3.63) is 16.8 Å². The second kappa shape index (κ2) is 6.06. The third kappa shape index (κ3) is 2.52. The fourth-order valence-corrected chi connectivity index (χ4v) is 3.46. The summed E-state index contributed by atoms with van der Waals surface area (Å²) in [6, 6.07) is 2.10. The Morgan fingerprint density at radius 3 is 2.45 bits per heavy atom. The topological polar surface area (TPSA) is 61.0 Å². The van der Waals surface area contributed by atoms with Crippen molar-refractivity contribution in [3.63, 3.8) is 0 Å². The van der Waals surface area contributed by atoms with Crippen molar-refractivity contribution in [2.24, 2.45) is 0 Å². The van der Waals surface area contributed by atoms with Gasteiger partial charge in [-0.2, -0.15) is 0 Å². The van der Waals surface area contributed by atoms with Gasteiger partial charge in [0.1, 0.15) is 16.2 Å². The quantitative estimate of drug-likeness (QED) is 0.877. The third-order valence-corrected chi connectivity index (χ3v) is 4.97. The molecule has 0 unspecified atom stereocenters. The van der Waals surface area contributed by atoms with Crippen LogP contribution in [0.3, 0.4) is 0 Å². The summed E-state index contributed by atoms with van der Waals surface area (Å²) in [4.78, 5) is 11.5. The Morgan fingerprint density at radius 2 is 1.90 bits per heavy atom. The molecule has 0 fully saturated rings. The van der Waals surface area contributed by atoms with Gasteiger partial charge in [-0.15, -0.1) is 11.3 Å². The lowest BCUT2D eigenvalue weighted by atomic mass is 9.96. The van der Waals surface area contributed by atoms with E-state index in [4.69, 9.17) is 15.5 Å². The monoisotopic (exact) mass is 293 g/mol. The zero-order valence-electron chi connectivity index (χ0n) is 12.7. The highest BCUT2D eigenvalue weighted by molar-refractivity contribution is 7.18. The highest BCUT2D eigenvalue weighted by Gasteiger charge is 2.33. The number of anilines is 1. The predicted octanol–water partition coefficient (Wildman–Crippen LogP) is 3.89. The van der Waals surface area contributed by atoms with E-state index in [1.54, 1.807) is 11.3 Å². The van der Waals surface area contributed by atoms with Gasteiger partial charge in [-0.05, 0) is 32.3 Å².